The minimum absolute atomic E-state index is 0.177. The molecule has 0 aliphatic carbocycles. The van der Waals surface area contributed by atoms with Gasteiger partial charge in [0.1, 0.15) is 0 Å². The number of aliphatic hydroxyl groups is 1. The number of hydrogen-bond acceptors (Lipinski definition) is 8. The molecule has 0 bridgehead atoms. The summed E-state index contributed by atoms with van der Waals surface area (Å²) in [6.45, 7) is 5.98. The molecule has 8 aromatic carbocycles. The highest BCUT2D eigenvalue weighted by Gasteiger charge is 2.31. The topological polar surface area (TPSA) is 156 Å². The number of ketones is 1. The number of aliphatic carboxylic acids is 1. The molecular formula is C72H68N4O9. The second-order valence-electron chi connectivity index (χ2n) is 20.0. The Morgan fingerprint density at radius 3 is 1.28 bits per heavy atom. The monoisotopic (exact) mass is 1130 g/mol. The molecule has 85 heavy (non-hydrogen) atoms. The van der Waals surface area contributed by atoms with Crippen LogP contribution in [-0.4, -0.2) is 72.0 Å². The van der Waals surface area contributed by atoms with Crippen molar-refractivity contribution < 1.29 is 43.6 Å². The fourth-order valence-electron chi connectivity index (χ4n) is 11.1. The molecule has 0 saturated carbocycles. The van der Waals surface area contributed by atoms with Gasteiger partial charge in [-0.25, -0.2) is 14.4 Å². The van der Waals surface area contributed by atoms with Crippen LogP contribution in [0.4, 0.5) is 0 Å². The molecule has 0 aliphatic rings. The molecule has 2 N–H and O–H groups in total. The van der Waals surface area contributed by atoms with E-state index in [9.17, 15) is 29.4 Å². The van der Waals surface area contributed by atoms with Crippen molar-refractivity contribution in [3.8, 4) is 45.0 Å². The molecule has 0 spiro atoms. The zero-order valence-corrected chi connectivity index (χ0v) is 48.7. The fraction of sp³-hybridized carbons (Fsp3) is 0.167. The van der Waals surface area contributed by atoms with Crippen LogP contribution in [0.2, 0.25) is 0 Å². The van der Waals surface area contributed by atoms with Crippen LogP contribution in [0.15, 0.2) is 224 Å². The number of ether oxygens (including phenoxy) is 3. The number of rotatable bonds is 14. The number of aromatic nitrogens is 4. The summed E-state index contributed by atoms with van der Waals surface area (Å²) in [5.74, 6) is -3.02. The SMILES string of the molecule is CCOC(=O)C(=O)c1c(-c2ccccc2)n(C)c2ccccc12.CCOC(=O)C(O)c1c(-c2ccccc2)n(C)c2ccccc12.CCOC(C(=O)O)c1c(-c2ccccc2)n(C)c2ccccc12.Cn1c(-c2ccccc2)cc2ccccc21. The number of para-hydroxylation sites is 4. The van der Waals surface area contributed by atoms with E-state index in [-0.39, 0.29) is 13.2 Å². The van der Waals surface area contributed by atoms with Crippen LogP contribution in [0.5, 0.6) is 0 Å². The van der Waals surface area contributed by atoms with E-state index in [1.807, 2.05) is 212 Å². The number of benzene rings is 8. The van der Waals surface area contributed by atoms with Gasteiger partial charge < -0.3 is 42.7 Å². The normalized spacial score (nSPS) is 11.6. The van der Waals surface area contributed by atoms with Gasteiger partial charge in [-0.05, 0) is 73.4 Å². The standard InChI is InChI=1S/2C19H19NO3.C19H17NO3.C15H13N/c1-3-23-18(19(21)22)16-14-11-7-8-12-15(14)20(2)17(16)13-9-5-4-6-10-13;2*1-3-23-19(22)18(21)16-14-11-7-8-12-15(14)20(2)17(16)13-9-5-4-6-10-13;1-16-14-10-6-5-9-13(14)11-15(16)12-7-3-2-4-8-12/h4-12,18H,3H2,1-2H3,(H,21,22);4-12,18,21H,3H2,1-2H3;4-12H,3H2,1-2H3;2-11H,1H3. The molecular weight excluding hydrogens is 1060 g/mol. The molecule has 4 aromatic heterocycles. The number of aliphatic hydroxyl groups excluding tert-OH is 1. The van der Waals surface area contributed by atoms with Crippen molar-refractivity contribution in [1.29, 1.82) is 0 Å². The molecule has 13 nitrogen and oxygen atoms in total. The van der Waals surface area contributed by atoms with Gasteiger partial charge in [-0.15, -0.1) is 0 Å². The Morgan fingerprint density at radius 2 is 0.812 bits per heavy atom. The largest absolute Gasteiger partial charge is 0.479 e. The second-order valence-corrected chi connectivity index (χ2v) is 20.0. The predicted octanol–water partition coefficient (Wildman–Crippen LogP) is 14.9. The van der Waals surface area contributed by atoms with Crippen LogP contribution in [0.3, 0.4) is 0 Å². The first-order valence-electron chi connectivity index (χ1n) is 28.2. The number of carbonyl (C=O) groups excluding carboxylic acids is 3. The number of carboxylic acids is 1. The lowest BCUT2D eigenvalue weighted by molar-refractivity contribution is -0.153. The first-order valence-corrected chi connectivity index (χ1v) is 28.2. The van der Waals surface area contributed by atoms with Crippen LogP contribution < -0.4 is 0 Å². The Bertz CT molecular complexity index is 4270. The van der Waals surface area contributed by atoms with Gasteiger partial charge in [0, 0.05) is 95.2 Å². The number of carboxylic acid groups (broad SMARTS) is 1. The van der Waals surface area contributed by atoms with Crippen LogP contribution in [0, 0.1) is 0 Å². The van der Waals surface area contributed by atoms with E-state index >= 15 is 0 Å². The number of Topliss-reactive ketones (excluding diaryl/α,β-unsaturated/α-hetero) is 1. The summed E-state index contributed by atoms with van der Waals surface area (Å²) >= 11 is 0. The summed E-state index contributed by atoms with van der Waals surface area (Å²) in [4.78, 5) is 48.6. The Hall–Kier alpha value is -10.1. The predicted molar refractivity (Wildman–Crippen MR) is 338 cm³/mol. The van der Waals surface area contributed by atoms with E-state index in [1.165, 1.54) is 22.2 Å². The van der Waals surface area contributed by atoms with E-state index in [2.05, 4.69) is 66.2 Å². The third-order valence-electron chi connectivity index (χ3n) is 14.9. The van der Waals surface area contributed by atoms with Gasteiger partial charge in [0.25, 0.3) is 5.78 Å². The lowest BCUT2D eigenvalue weighted by atomic mass is 10.0. The lowest BCUT2D eigenvalue weighted by Crippen LogP contribution is -2.18. The van der Waals surface area contributed by atoms with Crippen LogP contribution in [0.25, 0.3) is 88.6 Å². The average Bonchev–Trinajstić information content (AvgIpc) is 2.09. The third kappa shape index (κ3) is 12.5. The van der Waals surface area contributed by atoms with Gasteiger partial charge in [-0.3, -0.25) is 4.79 Å². The van der Waals surface area contributed by atoms with Gasteiger partial charge >= 0.3 is 17.9 Å². The van der Waals surface area contributed by atoms with E-state index in [0.717, 1.165) is 66.5 Å². The van der Waals surface area contributed by atoms with E-state index in [4.69, 9.17) is 14.2 Å². The molecule has 12 rings (SSSR count). The van der Waals surface area contributed by atoms with Crippen molar-refractivity contribution in [2.75, 3.05) is 19.8 Å². The van der Waals surface area contributed by atoms with Gasteiger partial charge in [-0.2, -0.15) is 0 Å². The molecule has 0 saturated heterocycles. The maximum Gasteiger partial charge on any atom is 0.379 e. The van der Waals surface area contributed by atoms with Crippen LogP contribution >= 0.6 is 0 Å². The third-order valence-corrected chi connectivity index (χ3v) is 14.9. The molecule has 2 unspecified atom stereocenters. The quantitative estimate of drug-likeness (QED) is 0.0615. The van der Waals surface area contributed by atoms with Crippen molar-refractivity contribution in [2.45, 2.75) is 33.0 Å². The summed E-state index contributed by atoms with van der Waals surface area (Å²) in [5, 5.41) is 24.1. The second kappa shape index (κ2) is 27.3. The van der Waals surface area contributed by atoms with E-state index < -0.39 is 35.9 Å². The maximum absolute atomic E-state index is 12.7. The number of hydrogen-bond donors (Lipinski definition) is 2. The fourth-order valence-corrected chi connectivity index (χ4v) is 11.1. The molecule has 13 heteroatoms. The van der Waals surface area contributed by atoms with E-state index in [0.29, 0.717) is 23.3 Å². The molecule has 0 fully saturated rings. The summed E-state index contributed by atoms with van der Waals surface area (Å²) < 4.78 is 23.7. The summed E-state index contributed by atoms with van der Waals surface area (Å²) in [6, 6.07) is 73.5. The first kappa shape index (κ1) is 59.5. The molecule has 4 heterocycles. The smallest absolute Gasteiger partial charge is 0.379 e. The zero-order valence-electron chi connectivity index (χ0n) is 48.7. The number of fused-ring (bicyclic) bond motifs is 4. The number of nitrogens with zero attached hydrogens (tertiary/aromatic N) is 4. The van der Waals surface area contributed by atoms with Crippen molar-refractivity contribution in [1.82, 2.24) is 18.3 Å². The Morgan fingerprint density at radius 1 is 0.424 bits per heavy atom. The number of carbonyl (C=O) groups is 4. The van der Waals surface area contributed by atoms with Crippen LogP contribution in [-0.2, 0) is 56.8 Å². The molecule has 2 atom stereocenters. The van der Waals surface area contributed by atoms with Gasteiger partial charge in [0.05, 0.1) is 35.9 Å². The van der Waals surface area contributed by atoms with Crippen molar-refractivity contribution in [3.63, 3.8) is 0 Å². The Labute approximate surface area is 494 Å². The summed E-state index contributed by atoms with van der Waals surface area (Å²) in [5.41, 5.74) is 13.6. The molecule has 430 valence electrons. The molecule has 0 amide bonds. The van der Waals surface area contributed by atoms with Gasteiger partial charge in [0.15, 0.2) is 12.2 Å². The van der Waals surface area contributed by atoms with Crippen LogP contribution in [0.1, 0.15) is 54.5 Å². The molecule has 0 radical (unpaired) electrons. The number of aryl methyl sites for hydroxylation is 4. The average molecular weight is 1130 g/mol. The van der Waals surface area contributed by atoms with E-state index in [1.54, 1.807) is 13.8 Å². The highest BCUT2D eigenvalue weighted by Crippen LogP contribution is 2.40. The molecule has 12 aromatic rings. The minimum Gasteiger partial charge on any atom is -0.479 e. The van der Waals surface area contributed by atoms with Gasteiger partial charge in [0.2, 0.25) is 0 Å². The lowest BCUT2D eigenvalue weighted by Gasteiger charge is -2.15. The number of esters is 2. The Balaban J connectivity index is 0.000000137. The van der Waals surface area contributed by atoms with Gasteiger partial charge in [-0.1, -0.05) is 194 Å². The summed E-state index contributed by atoms with van der Waals surface area (Å²) in [7, 11) is 7.91. The van der Waals surface area contributed by atoms with Crippen molar-refractivity contribution >= 4 is 67.3 Å². The first-order chi connectivity index (χ1) is 41.3. The molecule has 0 aliphatic heterocycles. The maximum atomic E-state index is 12.7. The Kier molecular flexibility index (Phi) is 19.1. The highest BCUT2D eigenvalue weighted by atomic mass is 16.5. The zero-order chi connectivity index (χ0) is 60.1. The minimum atomic E-state index is -1.31. The van der Waals surface area contributed by atoms with Crippen molar-refractivity contribution in [3.05, 3.63) is 241 Å². The summed E-state index contributed by atoms with van der Waals surface area (Å²) in [6.07, 6.45) is -2.29. The van der Waals surface area contributed by atoms with Crippen molar-refractivity contribution in [2.24, 2.45) is 28.2 Å². The highest BCUT2D eigenvalue weighted by molar-refractivity contribution is 6.44.